The first-order valence-electron chi connectivity index (χ1n) is 15.3. The highest BCUT2D eigenvalue weighted by molar-refractivity contribution is 6.16. The van der Waals surface area contributed by atoms with Crippen LogP contribution in [0.5, 0.6) is 0 Å². The van der Waals surface area contributed by atoms with E-state index in [0.717, 1.165) is 30.2 Å². The van der Waals surface area contributed by atoms with Gasteiger partial charge < -0.3 is 4.57 Å². The molecule has 3 aliphatic heterocycles. The Labute approximate surface area is 230 Å². The number of hydrogen-bond donors (Lipinski definition) is 1. The zero-order valence-electron chi connectivity index (χ0n) is 23.3. The minimum atomic E-state index is -1.18. The number of nitrogens with zero attached hydrogens (tertiary/aromatic N) is 4. The van der Waals surface area contributed by atoms with Crippen LogP contribution in [0.4, 0.5) is 10.6 Å². The third-order valence-corrected chi connectivity index (χ3v) is 10.7. The second-order valence-corrected chi connectivity index (χ2v) is 13.4. The van der Waals surface area contributed by atoms with Crippen LogP contribution >= 0.6 is 0 Å². The van der Waals surface area contributed by atoms with Crippen LogP contribution in [0.3, 0.4) is 0 Å². The number of aromatic nitrogens is 2. The lowest BCUT2D eigenvalue weighted by atomic mass is 9.73. The highest BCUT2D eigenvalue weighted by Gasteiger charge is 2.49. The molecule has 39 heavy (non-hydrogen) atoms. The van der Waals surface area contributed by atoms with Gasteiger partial charge in [0.1, 0.15) is 5.54 Å². The monoisotopic (exact) mass is 531 g/mol. The van der Waals surface area contributed by atoms with Gasteiger partial charge in [-0.1, -0.05) is 44.2 Å². The number of piperidine rings is 2. The van der Waals surface area contributed by atoms with Gasteiger partial charge in [0, 0.05) is 24.2 Å². The van der Waals surface area contributed by atoms with E-state index in [0.29, 0.717) is 23.6 Å². The SMILES string of the molecule is CC1(C)C(=O)NC(=O)N1c1nc2ccccc2n([C@@H]2C[C@H]3CCC[C@@H](C2)N3[C@@H]2C[C@@H]3CCCC[C@@H](C3)C2)c1=O. The summed E-state index contributed by atoms with van der Waals surface area (Å²) in [7, 11) is 0. The van der Waals surface area contributed by atoms with Crippen LogP contribution in [0.1, 0.15) is 96.9 Å². The average molecular weight is 532 g/mol. The standard InChI is InChI=1S/C31H41N5O3/c1-31(2)29(38)33-30(39)36(31)27-28(37)35(26-13-6-5-12-25(26)32-27)24-17-21-10-7-11-22(18-24)34(21)23-15-19-8-3-4-9-20(14-19)16-23/h5-6,12-13,19-24H,3-4,7-11,14-18H2,1-2H3,(H,33,38,39)/t19-,20+,21-,22+,23-,24-. The van der Waals surface area contributed by atoms with Crippen molar-refractivity contribution in [1.82, 2.24) is 19.8 Å². The van der Waals surface area contributed by atoms with Gasteiger partial charge in [0.15, 0.2) is 0 Å². The van der Waals surface area contributed by atoms with E-state index in [9.17, 15) is 14.4 Å². The molecule has 0 spiro atoms. The number of rotatable bonds is 3. The molecule has 8 heteroatoms. The Hall–Kier alpha value is -2.74. The van der Waals surface area contributed by atoms with Crippen molar-refractivity contribution in [3.63, 3.8) is 0 Å². The van der Waals surface area contributed by atoms with Crippen molar-refractivity contribution in [3.8, 4) is 0 Å². The summed E-state index contributed by atoms with van der Waals surface area (Å²) >= 11 is 0. The number of carbonyl (C=O) groups is 2. The number of para-hydroxylation sites is 2. The van der Waals surface area contributed by atoms with Crippen LogP contribution in [0.2, 0.25) is 0 Å². The van der Waals surface area contributed by atoms with Gasteiger partial charge >= 0.3 is 6.03 Å². The van der Waals surface area contributed by atoms with Gasteiger partial charge in [0.2, 0.25) is 5.82 Å². The minimum absolute atomic E-state index is 0.0472. The first-order chi connectivity index (χ1) is 18.8. The Morgan fingerprint density at radius 1 is 0.795 bits per heavy atom. The summed E-state index contributed by atoms with van der Waals surface area (Å²) in [5, 5.41) is 2.38. The van der Waals surface area contributed by atoms with Crippen molar-refractivity contribution < 1.29 is 9.59 Å². The number of amides is 3. The molecule has 2 aliphatic carbocycles. The number of nitrogens with one attached hydrogen (secondary N) is 1. The van der Waals surface area contributed by atoms with Gasteiger partial charge in [0.25, 0.3) is 11.5 Å². The first kappa shape index (κ1) is 25.2. The molecule has 1 aromatic carbocycles. The summed E-state index contributed by atoms with van der Waals surface area (Å²) in [5.74, 6) is 1.42. The van der Waals surface area contributed by atoms with Crippen LogP contribution in [0.25, 0.3) is 11.0 Å². The molecule has 5 fully saturated rings. The minimum Gasteiger partial charge on any atom is -0.300 e. The quantitative estimate of drug-likeness (QED) is 0.554. The molecule has 3 amide bonds. The Morgan fingerprint density at radius 2 is 1.46 bits per heavy atom. The van der Waals surface area contributed by atoms with Crippen LogP contribution in [-0.4, -0.2) is 50.1 Å². The van der Waals surface area contributed by atoms with Crippen LogP contribution in [-0.2, 0) is 4.79 Å². The molecule has 4 heterocycles. The number of fused-ring (bicyclic) bond motifs is 5. The molecule has 7 rings (SSSR count). The molecular formula is C31H41N5O3. The maximum Gasteiger partial charge on any atom is 0.330 e. The summed E-state index contributed by atoms with van der Waals surface area (Å²) in [5.41, 5.74) is 0.0438. The smallest absolute Gasteiger partial charge is 0.300 e. The van der Waals surface area contributed by atoms with E-state index in [1.54, 1.807) is 13.8 Å². The lowest BCUT2D eigenvalue weighted by Crippen LogP contribution is -2.58. The van der Waals surface area contributed by atoms with Crippen molar-refractivity contribution in [1.29, 1.82) is 0 Å². The second-order valence-electron chi connectivity index (χ2n) is 13.4. The van der Waals surface area contributed by atoms with Crippen molar-refractivity contribution in [2.24, 2.45) is 11.8 Å². The Balaban J connectivity index is 1.26. The van der Waals surface area contributed by atoms with Crippen LogP contribution < -0.4 is 15.8 Å². The summed E-state index contributed by atoms with van der Waals surface area (Å²) in [4.78, 5) is 48.5. The summed E-state index contributed by atoms with van der Waals surface area (Å²) < 4.78 is 1.92. The number of benzene rings is 1. The molecule has 6 atom stereocenters. The lowest BCUT2D eigenvalue weighted by molar-refractivity contribution is -0.122. The van der Waals surface area contributed by atoms with E-state index >= 15 is 0 Å². The largest absolute Gasteiger partial charge is 0.330 e. The van der Waals surface area contributed by atoms with Crippen molar-refractivity contribution in [2.45, 2.75) is 121 Å². The normalized spacial score (nSPS) is 34.7. The third-order valence-electron chi connectivity index (χ3n) is 10.7. The Kier molecular flexibility index (Phi) is 6.10. The summed E-state index contributed by atoms with van der Waals surface area (Å²) in [6.45, 7) is 3.33. The Bertz CT molecular complexity index is 1340. The molecule has 2 aromatic rings. The molecular weight excluding hydrogens is 490 g/mol. The molecule has 208 valence electrons. The fraction of sp³-hybridized carbons (Fsp3) is 0.677. The number of imide groups is 1. The molecule has 4 bridgehead atoms. The van der Waals surface area contributed by atoms with E-state index in [2.05, 4.69) is 15.2 Å². The highest BCUT2D eigenvalue weighted by atomic mass is 16.2. The van der Waals surface area contributed by atoms with Gasteiger partial charge in [-0.3, -0.25) is 24.7 Å². The topological polar surface area (TPSA) is 87.5 Å². The number of carbonyl (C=O) groups excluding carboxylic acids is 2. The molecule has 3 saturated heterocycles. The zero-order valence-corrected chi connectivity index (χ0v) is 23.3. The van der Waals surface area contributed by atoms with Crippen LogP contribution in [0, 0.1) is 11.8 Å². The van der Waals surface area contributed by atoms with Gasteiger partial charge in [-0.05, 0) is 82.8 Å². The molecule has 1 N–H and O–H groups in total. The van der Waals surface area contributed by atoms with Gasteiger partial charge in [-0.15, -0.1) is 0 Å². The first-order valence-corrected chi connectivity index (χ1v) is 15.3. The highest BCUT2D eigenvalue weighted by Crippen LogP contribution is 2.47. The second kappa shape index (κ2) is 9.43. The van der Waals surface area contributed by atoms with E-state index in [4.69, 9.17) is 0 Å². The number of anilines is 1. The van der Waals surface area contributed by atoms with E-state index in [1.807, 2.05) is 28.8 Å². The molecule has 5 aliphatic rings. The summed E-state index contributed by atoms with van der Waals surface area (Å²) in [6, 6.07) is 8.87. The molecule has 0 unspecified atom stereocenters. The van der Waals surface area contributed by atoms with E-state index < -0.39 is 17.5 Å². The molecule has 1 aromatic heterocycles. The fourth-order valence-electron chi connectivity index (χ4n) is 8.98. The van der Waals surface area contributed by atoms with E-state index in [1.165, 1.54) is 69.1 Å². The number of hydrogen-bond acceptors (Lipinski definition) is 5. The van der Waals surface area contributed by atoms with Gasteiger partial charge in [0.05, 0.1) is 11.0 Å². The summed E-state index contributed by atoms with van der Waals surface area (Å²) in [6.07, 6.45) is 15.3. The van der Waals surface area contributed by atoms with Crippen molar-refractivity contribution >= 4 is 28.8 Å². The van der Waals surface area contributed by atoms with Crippen molar-refractivity contribution in [2.75, 3.05) is 4.90 Å². The fourth-order valence-corrected chi connectivity index (χ4v) is 8.98. The zero-order chi connectivity index (χ0) is 26.9. The third kappa shape index (κ3) is 4.12. The number of urea groups is 1. The molecule has 8 nitrogen and oxygen atoms in total. The van der Waals surface area contributed by atoms with Gasteiger partial charge in [-0.25, -0.2) is 9.78 Å². The predicted molar refractivity (Wildman–Crippen MR) is 151 cm³/mol. The van der Waals surface area contributed by atoms with Gasteiger partial charge in [-0.2, -0.15) is 0 Å². The average Bonchev–Trinajstić information content (AvgIpc) is 3.00. The Morgan fingerprint density at radius 3 is 2.10 bits per heavy atom. The van der Waals surface area contributed by atoms with Crippen LogP contribution in [0.15, 0.2) is 29.1 Å². The molecule has 0 radical (unpaired) electrons. The maximum atomic E-state index is 14.2. The lowest BCUT2D eigenvalue weighted by Gasteiger charge is -2.54. The van der Waals surface area contributed by atoms with E-state index in [-0.39, 0.29) is 17.4 Å². The molecule has 2 saturated carbocycles. The maximum absolute atomic E-state index is 14.2. The predicted octanol–water partition coefficient (Wildman–Crippen LogP) is 5.15. The van der Waals surface area contributed by atoms with Crippen molar-refractivity contribution in [3.05, 3.63) is 34.6 Å².